The molecule has 0 unspecified atom stereocenters. The summed E-state index contributed by atoms with van der Waals surface area (Å²) in [5.41, 5.74) is -1.36. The number of thiocarbonyl (C=S) groups is 1. The van der Waals surface area contributed by atoms with Gasteiger partial charge in [0.05, 0.1) is 18.3 Å². The smallest absolute Gasteiger partial charge is 0.110 e. The Morgan fingerprint density at radius 3 is 2.21 bits per heavy atom. The quantitative estimate of drug-likeness (QED) is 0.404. The summed E-state index contributed by atoms with van der Waals surface area (Å²) in [6.45, 7) is 3.43. The highest BCUT2D eigenvalue weighted by Crippen LogP contribution is 2.24. The van der Waals surface area contributed by atoms with Crippen LogP contribution in [-0.4, -0.2) is 43.7 Å². The molecule has 0 saturated heterocycles. The van der Waals surface area contributed by atoms with Crippen LogP contribution in [0.5, 0.6) is 0 Å². The highest BCUT2D eigenvalue weighted by Gasteiger charge is 2.38. The second-order valence-corrected chi connectivity index (χ2v) is 4.10. The van der Waals surface area contributed by atoms with Gasteiger partial charge in [-0.05, 0) is 18.2 Å². The van der Waals surface area contributed by atoms with Crippen LogP contribution in [0.2, 0.25) is 0 Å². The van der Waals surface area contributed by atoms with Crippen LogP contribution in [0.25, 0.3) is 0 Å². The lowest BCUT2D eigenvalue weighted by atomic mass is 9.86. The van der Waals surface area contributed by atoms with Crippen molar-refractivity contribution in [3.63, 3.8) is 0 Å². The minimum absolute atomic E-state index is 0.251. The normalized spacial score (nSPS) is 19.7. The summed E-state index contributed by atoms with van der Waals surface area (Å²) < 4.78 is 7.13. The summed E-state index contributed by atoms with van der Waals surface area (Å²) in [5.74, 6) is 0. The van der Waals surface area contributed by atoms with E-state index in [0.29, 0.717) is 12.8 Å². The number of rotatable bonds is 6. The molecule has 0 aliphatic carbocycles. The van der Waals surface area contributed by atoms with E-state index in [1.54, 1.807) is 13.8 Å². The van der Waals surface area contributed by atoms with E-state index in [1.165, 1.54) is 0 Å². The molecular formula is C9H18O3S2. The van der Waals surface area contributed by atoms with Crippen molar-refractivity contribution in [2.45, 2.75) is 49.7 Å². The Morgan fingerprint density at radius 2 is 1.93 bits per heavy atom. The molecule has 84 valence electrons. The molecule has 3 N–H and O–H groups in total. The van der Waals surface area contributed by atoms with Crippen molar-refractivity contribution < 1.29 is 16.7 Å². The highest BCUT2D eigenvalue weighted by atomic mass is 32.1. The van der Waals surface area contributed by atoms with Gasteiger partial charge in [0.25, 0.3) is 0 Å². The maximum Gasteiger partial charge on any atom is 0.110 e. The van der Waals surface area contributed by atoms with Crippen LogP contribution in [0.1, 0.15) is 28.1 Å². The Hall–Kier alpha value is 0.320. The topological polar surface area (TPSA) is 60.7 Å². The molecule has 0 aromatic carbocycles. The Morgan fingerprint density at radius 1 is 1.50 bits per heavy atom. The molecule has 3 atom stereocenters. The second kappa shape index (κ2) is 6.02. The van der Waals surface area contributed by atoms with Gasteiger partial charge in [-0.1, -0.05) is 26.1 Å². The van der Waals surface area contributed by atoms with Gasteiger partial charge in [0, 0.05) is 0 Å². The van der Waals surface area contributed by atoms with E-state index in [1.807, 2.05) is 0 Å². The molecule has 0 fully saturated rings. The molecule has 0 aromatic rings. The van der Waals surface area contributed by atoms with Crippen molar-refractivity contribution in [3.05, 3.63) is 0 Å². The zero-order valence-electron chi connectivity index (χ0n) is 9.34. The first-order valence-corrected chi connectivity index (χ1v) is 5.49. The molecule has 0 saturated carbocycles. The lowest BCUT2D eigenvalue weighted by Crippen LogP contribution is -2.51. The van der Waals surface area contributed by atoms with Crippen LogP contribution < -0.4 is 0 Å². The van der Waals surface area contributed by atoms with Crippen molar-refractivity contribution >= 4 is 30.2 Å². The van der Waals surface area contributed by atoms with Gasteiger partial charge >= 0.3 is 0 Å². The van der Waals surface area contributed by atoms with Crippen LogP contribution in [-0.2, 0) is 0 Å². The maximum atomic E-state index is 9.95. The second-order valence-electron chi connectivity index (χ2n) is 3.31. The lowest BCUT2D eigenvalue weighted by Gasteiger charge is -2.35. The van der Waals surface area contributed by atoms with E-state index >= 15 is 0 Å². The van der Waals surface area contributed by atoms with Crippen molar-refractivity contribution in [1.29, 1.82) is 0 Å². The summed E-state index contributed by atoms with van der Waals surface area (Å²) in [6, 6.07) is 0. The Bertz CT molecular complexity index is 221. The fourth-order valence-corrected chi connectivity index (χ4v) is 1.53. The van der Waals surface area contributed by atoms with Crippen LogP contribution in [0, 0.1) is 0 Å². The molecule has 0 rings (SSSR count). The fraction of sp³-hybridized carbons (Fsp3) is 0.889. The summed E-state index contributed by atoms with van der Waals surface area (Å²) in [7, 11) is 0. The Labute approximate surface area is 97.0 Å². The maximum absolute atomic E-state index is 9.95. The van der Waals surface area contributed by atoms with Gasteiger partial charge in [-0.15, -0.1) is 0 Å². The SMILES string of the molecule is [2H]C(=S)[C@H](S)[C@H](O)[C@H](O)C(O)(CC)CC. The first-order chi connectivity index (χ1) is 6.80. The molecule has 0 heterocycles. The van der Waals surface area contributed by atoms with Crippen LogP contribution in [0.3, 0.4) is 0 Å². The first kappa shape index (κ1) is 12.4. The van der Waals surface area contributed by atoms with Gasteiger partial charge in [-0.3, -0.25) is 0 Å². The standard InChI is InChI=1S/C9H18O3S2/c1-3-9(12,4-2)8(11)7(10)6(14)5-13/h5-8,10-12,14H,3-4H2,1-2H3/t6-,7-,8-/m0/s1/i5D. The third-order valence-corrected chi connectivity index (χ3v) is 3.41. The molecule has 14 heavy (non-hydrogen) atoms. The molecule has 0 amide bonds. The first-order valence-electron chi connectivity index (χ1n) is 5.07. The molecule has 0 aliphatic rings. The van der Waals surface area contributed by atoms with Gasteiger partial charge in [-0.2, -0.15) is 12.6 Å². The molecule has 3 nitrogen and oxygen atoms in total. The highest BCUT2D eigenvalue weighted by molar-refractivity contribution is 7.85. The van der Waals surface area contributed by atoms with Gasteiger partial charge in [0.1, 0.15) is 6.10 Å². The van der Waals surface area contributed by atoms with Crippen molar-refractivity contribution in [2.24, 2.45) is 0 Å². The van der Waals surface area contributed by atoms with E-state index in [-0.39, 0.29) is 5.34 Å². The van der Waals surface area contributed by atoms with Crippen molar-refractivity contribution in [1.82, 2.24) is 0 Å². The molecule has 5 heteroatoms. The van der Waals surface area contributed by atoms with E-state index in [2.05, 4.69) is 24.8 Å². The fourth-order valence-electron chi connectivity index (χ4n) is 1.23. The summed E-state index contributed by atoms with van der Waals surface area (Å²) in [5, 5.41) is 28.2. The Balaban J connectivity index is 4.68. The largest absolute Gasteiger partial charge is 0.389 e. The van der Waals surface area contributed by atoms with E-state index < -0.39 is 23.1 Å². The third kappa shape index (κ3) is 3.17. The molecule has 0 spiro atoms. The van der Waals surface area contributed by atoms with Gasteiger partial charge < -0.3 is 15.3 Å². The van der Waals surface area contributed by atoms with Crippen LogP contribution in [0.4, 0.5) is 0 Å². The molecule has 0 aliphatic heterocycles. The number of thiol groups is 1. The zero-order chi connectivity index (χ0) is 12.2. The van der Waals surface area contributed by atoms with Crippen LogP contribution >= 0.6 is 24.8 Å². The van der Waals surface area contributed by atoms with Crippen molar-refractivity contribution in [3.8, 4) is 0 Å². The van der Waals surface area contributed by atoms with Gasteiger partial charge in [-0.25, -0.2) is 0 Å². The van der Waals surface area contributed by atoms with E-state index in [9.17, 15) is 15.3 Å². The van der Waals surface area contributed by atoms with Crippen molar-refractivity contribution in [2.75, 3.05) is 0 Å². The summed E-state index contributed by atoms with van der Waals surface area (Å²) in [4.78, 5) is 0. The summed E-state index contributed by atoms with van der Waals surface area (Å²) in [6.07, 6.45) is -2.05. The summed E-state index contributed by atoms with van der Waals surface area (Å²) >= 11 is 8.47. The minimum Gasteiger partial charge on any atom is -0.389 e. The number of hydrogen-bond donors (Lipinski definition) is 4. The average Bonchev–Trinajstić information content (AvgIpc) is 2.24. The number of aliphatic hydroxyl groups is 3. The van der Waals surface area contributed by atoms with E-state index in [0.717, 1.165) is 0 Å². The molecular weight excluding hydrogens is 220 g/mol. The Kier molecular flexibility index (Phi) is 5.33. The molecule has 0 bridgehead atoms. The zero-order valence-corrected chi connectivity index (χ0v) is 10.1. The number of aliphatic hydroxyl groups excluding tert-OH is 2. The predicted octanol–water partition coefficient (Wildman–Crippen LogP) is 0.557. The van der Waals surface area contributed by atoms with Crippen LogP contribution in [0.15, 0.2) is 0 Å². The molecule has 0 radical (unpaired) electrons. The van der Waals surface area contributed by atoms with Gasteiger partial charge in [0.2, 0.25) is 0 Å². The predicted molar refractivity (Wildman–Crippen MR) is 64.0 cm³/mol. The monoisotopic (exact) mass is 239 g/mol. The average molecular weight is 239 g/mol. The lowest BCUT2D eigenvalue weighted by molar-refractivity contribution is -0.125. The molecule has 0 aromatic heterocycles. The van der Waals surface area contributed by atoms with E-state index in [4.69, 9.17) is 1.37 Å². The third-order valence-electron chi connectivity index (χ3n) is 2.54. The minimum atomic E-state index is -1.36. The number of hydrogen-bond acceptors (Lipinski definition) is 5. The van der Waals surface area contributed by atoms with Gasteiger partial charge in [0.15, 0.2) is 0 Å².